The first-order valence-electron chi connectivity index (χ1n) is 8.69. The number of aliphatic imine (C=N–C) groups is 1. The van der Waals surface area contributed by atoms with E-state index in [1.54, 1.807) is 11.8 Å². The highest BCUT2D eigenvalue weighted by Crippen LogP contribution is 2.31. The van der Waals surface area contributed by atoms with Crippen LogP contribution in [0.2, 0.25) is 0 Å². The van der Waals surface area contributed by atoms with Crippen molar-refractivity contribution < 1.29 is 23.1 Å². The first kappa shape index (κ1) is 22.9. The van der Waals surface area contributed by atoms with Crippen molar-refractivity contribution in [3.8, 4) is 0 Å². The van der Waals surface area contributed by atoms with Crippen LogP contribution >= 0.6 is 11.8 Å². The van der Waals surface area contributed by atoms with Crippen molar-refractivity contribution >= 4 is 29.4 Å². The average Bonchev–Trinajstić information content (AvgIpc) is 2.64. The predicted molar refractivity (Wildman–Crippen MR) is 110 cm³/mol. The topological polar surface area (TPSA) is 88.6 Å². The average molecular weight is 425 g/mol. The molecule has 0 atom stereocenters. The molecule has 1 aromatic heterocycles. The normalized spacial score (nSPS) is 12.5. The van der Waals surface area contributed by atoms with Gasteiger partial charge in [-0.3, -0.25) is 9.79 Å². The number of hydrogen-bond donors (Lipinski definition) is 2. The van der Waals surface area contributed by atoms with Crippen molar-refractivity contribution in [2.75, 3.05) is 24.3 Å². The van der Waals surface area contributed by atoms with Gasteiger partial charge in [-0.05, 0) is 49.9 Å². The lowest BCUT2D eigenvalue weighted by atomic mass is 9.88. The third kappa shape index (κ3) is 5.80. The highest BCUT2D eigenvalue weighted by Gasteiger charge is 2.33. The number of aromatic nitrogens is 1. The van der Waals surface area contributed by atoms with Crippen LogP contribution in [0.3, 0.4) is 0 Å². The predicted octanol–water partition coefficient (Wildman–Crippen LogP) is 3.92. The summed E-state index contributed by atoms with van der Waals surface area (Å²) in [5.74, 6) is 0.0601. The maximum atomic E-state index is 13.0. The Labute approximate surface area is 171 Å². The second-order valence-corrected chi connectivity index (χ2v) is 7.83. The van der Waals surface area contributed by atoms with Gasteiger partial charge in [0.05, 0.1) is 5.60 Å². The van der Waals surface area contributed by atoms with Gasteiger partial charge in [-0.25, -0.2) is 4.98 Å². The number of aliphatic hydroxyl groups is 1. The first-order valence-corrected chi connectivity index (χ1v) is 10.1. The lowest BCUT2D eigenvalue weighted by molar-refractivity contribution is -0.141. The number of hydrogen-bond acceptors (Lipinski definition) is 6. The number of nitrogen functional groups attached to an aromatic ring is 1. The van der Waals surface area contributed by atoms with Crippen LogP contribution in [-0.2, 0) is 11.8 Å². The molecule has 29 heavy (non-hydrogen) atoms. The number of thioether (sulfide) groups is 1. The number of ketones is 1. The van der Waals surface area contributed by atoms with Crippen LogP contribution in [0.4, 0.5) is 18.9 Å². The van der Waals surface area contributed by atoms with E-state index in [0.29, 0.717) is 17.8 Å². The van der Waals surface area contributed by atoms with Gasteiger partial charge in [0.25, 0.3) is 0 Å². The zero-order valence-electron chi connectivity index (χ0n) is 16.2. The zero-order chi connectivity index (χ0) is 21.8. The fraction of sp³-hybridized carbons (Fsp3) is 0.350. The first-order chi connectivity index (χ1) is 13.4. The Bertz CT molecular complexity index is 922. The van der Waals surface area contributed by atoms with Crippen LogP contribution in [0.15, 0.2) is 35.3 Å². The van der Waals surface area contributed by atoms with Gasteiger partial charge in [-0.1, -0.05) is 6.07 Å². The number of alkyl halides is 3. The lowest BCUT2D eigenvalue weighted by Gasteiger charge is -2.22. The largest absolute Gasteiger partial charge is 0.433 e. The summed E-state index contributed by atoms with van der Waals surface area (Å²) in [5.41, 5.74) is 4.00. The molecule has 1 heterocycles. The van der Waals surface area contributed by atoms with Crippen LogP contribution in [-0.4, -0.2) is 40.6 Å². The maximum Gasteiger partial charge on any atom is 0.433 e. The molecule has 0 saturated heterocycles. The number of rotatable bonds is 7. The van der Waals surface area contributed by atoms with Crippen LogP contribution < -0.4 is 5.73 Å². The van der Waals surface area contributed by atoms with Gasteiger partial charge in [-0.15, -0.1) is 0 Å². The molecule has 1 aromatic carbocycles. The number of carbonyl (C=O) groups is 1. The van der Waals surface area contributed by atoms with Gasteiger partial charge in [0.1, 0.15) is 11.4 Å². The number of benzene rings is 1. The van der Waals surface area contributed by atoms with Gasteiger partial charge in [0, 0.05) is 35.3 Å². The minimum absolute atomic E-state index is 0.0184. The summed E-state index contributed by atoms with van der Waals surface area (Å²) < 4.78 is 38.9. The molecule has 0 aliphatic carbocycles. The lowest BCUT2D eigenvalue weighted by Crippen LogP contribution is -2.22. The van der Waals surface area contributed by atoms with Crippen LogP contribution in [0.5, 0.6) is 0 Å². The van der Waals surface area contributed by atoms with E-state index in [2.05, 4.69) is 9.98 Å². The highest BCUT2D eigenvalue weighted by molar-refractivity contribution is 7.98. The summed E-state index contributed by atoms with van der Waals surface area (Å²) in [6.07, 6.45) is -1.22. The van der Waals surface area contributed by atoms with Gasteiger partial charge in [0.15, 0.2) is 0 Å². The quantitative estimate of drug-likeness (QED) is 0.304. The van der Waals surface area contributed by atoms with Crippen molar-refractivity contribution in [3.05, 3.63) is 58.4 Å². The summed E-state index contributed by atoms with van der Waals surface area (Å²) >= 11 is 1.62. The second kappa shape index (κ2) is 8.96. The molecule has 0 bridgehead atoms. The molecule has 9 heteroatoms. The van der Waals surface area contributed by atoms with E-state index in [0.717, 1.165) is 17.9 Å². The molecule has 0 amide bonds. The molecule has 0 unspecified atom stereocenters. The minimum atomic E-state index is -4.68. The van der Waals surface area contributed by atoms with Gasteiger partial charge in [-0.2, -0.15) is 24.9 Å². The number of anilines is 1. The van der Waals surface area contributed by atoms with Crippen molar-refractivity contribution in [1.29, 1.82) is 0 Å². The number of pyridine rings is 1. The van der Waals surface area contributed by atoms with Crippen molar-refractivity contribution in [1.82, 2.24) is 4.98 Å². The summed E-state index contributed by atoms with van der Waals surface area (Å²) in [5, 5.41) is 10.5. The fourth-order valence-electron chi connectivity index (χ4n) is 2.60. The molecule has 0 aliphatic rings. The Morgan fingerprint density at radius 2 is 2.00 bits per heavy atom. The molecule has 0 saturated carbocycles. The summed E-state index contributed by atoms with van der Waals surface area (Å²) in [4.78, 5) is 20.7. The van der Waals surface area contributed by atoms with E-state index in [-0.39, 0.29) is 16.8 Å². The van der Waals surface area contributed by atoms with E-state index in [4.69, 9.17) is 5.73 Å². The van der Waals surface area contributed by atoms with Crippen LogP contribution in [0.1, 0.15) is 46.7 Å². The maximum absolute atomic E-state index is 13.0. The minimum Gasteiger partial charge on any atom is -0.398 e. The van der Waals surface area contributed by atoms with Crippen molar-refractivity contribution in [2.24, 2.45) is 4.99 Å². The smallest absolute Gasteiger partial charge is 0.398 e. The van der Waals surface area contributed by atoms with Gasteiger partial charge < -0.3 is 10.8 Å². The SMILES string of the molecule is CSCCN=Cc1cc(C(=O)c2cccc(C(F)(F)F)n2)c(C(C)(C)O)cc1N. The molecular weight excluding hydrogens is 403 g/mol. The molecule has 2 aromatic rings. The molecule has 156 valence electrons. The Hall–Kier alpha value is -2.39. The Morgan fingerprint density at radius 1 is 1.31 bits per heavy atom. The third-order valence-corrected chi connectivity index (χ3v) is 4.64. The summed E-state index contributed by atoms with van der Waals surface area (Å²) in [6, 6.07) is 5.98. The second-order valence-electron chi connectivity index (χ2n) is 6.85. The third-order valence-electron chi connectivity index (χ3n) is 4.05. The molecule has 3 N–H and O–H groups in total. The van der Waals surface area contributed by atoms with Gasteiger partial charge in [0.2, 0.25) is 5.78 Å². The number of nitrogens with zero attached hydrogens (tertiary/aromatic N) is 2. The van der Waals surface area contributed by atoms with E-state index in [1.165, 1.54) is 38.3 Å². The van der Waals surface area contributed by atoms with Crippen LogP contribution in [0, 0.1) is 0 Å². The highest BCUT2D eigenvalue weighted by atomic mass is 32.2. The van der Waals surface area contributed by atoms with E-state index >= 15 is 0 Å². The molecule has 2 rings (SSSR count). The molecule has 0 aliphatic heterocycles. The van der Waals surface area contributed by atoms with E-state index < -0.39 is 23.3 Å². The molecule has 0 radical (unpaired) electrons. The van der Waals surface area contributed by atoms with Crippen LogP contribution in [0.25, 0.3) is 0 Å². The Kier molecular flexibility index (Phi) is 7.07. The monoisotopic (exact) mass is 425 g/mol. The van der Waals surface area contributed by atoms with Gasteiger partial charge >= 0.3 is 6.18 Å². The van der Waals surface area contributed by atoms with E-state index in [1.807, 2.05) is 6.26 Å². The number of nitrogens with two attached hydrogens (primary N) is 1. The standard InChI is InChI=1S/C20H22F3N3O2S/c1-19(2,28)14-10-15(24)12(11-25-7-8-29-3)9-13(14)18(27)16-5-4-6-17(26-16)20(21,22)23/h4-6,9-11,28H,7-8,24H2,1-3H3. The zero-order valence-corrected chi connectivity index (χ0v) is 17.1. The Balaban J connectivity index is 2.56. The molecule has 5 nitrogen and oxygen atoms in total. The van der Waals surface area contributed by atoms with Crippen molar-refractivity contribution in [2.45, 2.75) is 25.6 Å². The summed E-state index contributed by atoms with van der Waals surface area (Å²) in [7, 11) is 0. The molecule has 0 spiro atoms. The van der Waals surface area contributed by atoms with Crippen molar-refractivity contribution in [3.63, 3.8) is 0 Å². The number of carbonyl (C=O) groups excluding carboxylic acids is 1. The van der Waals surface area contributed by atoms with E-state index in [9.17, 15) is 23.1 Å². The Morgan fingerprint density at radius 3 is 2.59 bits per heavy atom. The molecular formula is C20H22F3N3O2S. The molecule has 0 fully saturated rings. The summed E-state index contributed by atoms with van der Waals surface area (Å²) in [6.45, 7) is 3.47. The number of halogens is 3. The fourth-order valence-corrected chi connectivity index (χ4v) is 2.89.